The number of hydrogen-bond donors (Lipinski definition) is 3. The number of aliphatic hydroxyl groups is 2. The summed E-state index contributed by atoms with van der Waals surface area (Å²) in [5, 5.41) is 35.9. The Balaban J connectivity index is 1.78. The Morgan fingerprint density at radius 1 is 1.26 bits per heavy atom. The Morgan fingerprint density at radius 2 is 1.85 bits per heavy atom. The highest BCUT2D eigenvalue weighted by Gasteiger charge is 2.43. The smallest absolute Gasteiger partial charge is 0.307 e. The van der Waals surface area contributed by atoms with Gasteiger partial charge in [-0.2, -0.15) is 0 Å². The van der Waals surface area contributed by atoms with Crippen molar-refractivity contribution in [2.75, 3.05) is 19.6 Å². The van der Waals surface area contributed by atoms with Crippen molar-refractivity contribution in [1.82, 2.24) is 4.90 Å². The molecule has 0 amide bonds. The molecule has 0 bridgehead atoms. The number of hydrogen-bond acceptors (Lipinski definition) is 6. The fraction of sp³-hybridized carbons (Fsp3) is 0.550. The van der Waals surface area contributed by atoms with E-state index in [-0.39, 0.29) is 5.92 Å². The molecule has 0 spiro atoms. The topological polar surface area (TPSA) is 81.0 Å². The Kier molecular flexibility index (Phi) is 6.38. The van der Waals surface area contributed by atoms with Gasteiger partial charge in [0, 0.05) is 22.8 Å². The second kappa shape index (κ2) is 8.41. The van der Waals surface area contributed by atoms with Crippen molar-refractivity contribution in [3.8, 4) is 0 Å². The number of carboxylic acid groups (broad SMARTS) is 1. The fourth-order valence-corrected chi connectivity index (χ4v) is 6.13. The van der Waals surface area contributed by atoms with Gasteiger partial charge in [0.05, 0.1) is 12.0 Å². The number of carbonyl (C=O) groups is 1. The van der Waals surface area contributed by atoms with E-state index in [0.717, 1.165) is 33.8 Å². The van der Waals surface area contributed by atoms with Gasteiger partial charge in [0.25, 0.3) is 0 Å². The second-order valence-corrected chi connectivity index (χ2v) is 9.25. The molecule has 2 atom stereocenters. The van der Waals surface area contributed by atoms with Gasteiger partial charge in [-0.1, -0.05) is 0 Å². The van der Waals surface area contributed by atoms with Crippen molar-refractivity contribution in [1.29, 1.82) is 0 Å². The first-order valence-electron chi connectivity index (χ1n) is 9.28. The van der Waals surface area contributed by atoms with Crippen LogP contribution in [0.4, 0.5) is 0 Å². The van der Waals surface area contributed by atoms with Crippen LogP contribution in [0.1, 0.15) is 40.1 Å². The molecule has 7 heteroatoms. The molecule has 3 heterocycles. The minimum absolute atomic E-state index is 0.339. The zero-order valence-electron chi connectivity index (χ0n) is 15.7. The SMILES string of the molecule is Cc1ccsc1C(O)(c1sccc1C)[C@@H](O)CCN1CCC[C@H](C(=O)O)C1. The molecule has 0 radical (unpaired) electrons. The van der Waals surface area contributed by atoms with Crippen molar-refractivity contribution >= 4 is 28.6 Å². The monoisotopic (exact) mass is 409 g/mol. The number of aryl methyl sites for hydroxylation is 2. The normalized spacial score (nSPS) is 19.9. The molecule has 1 aliphatic heterocycles. The minimum atomic E-state index is -1.43. The molecule has 5 nitrogen and oxygen atoms in total. The number of likely N-dealkylation sites (tertiary alicyclic amines) is 1. The van der Waals surface area contributed by atoms with Crippen LogP contribution in [-0.2, 0) is 10.4 Å². The van der Waals surface area contributed by atoms with Gasteiger partial charge in [0.1, 0.15) is 0 Å². The van der Waals surface area contributed by atoms with Crippen molar-refractivity contribution in [2.45, 2.75) is 44.8 Å². The number of nitrogens with zero attached hydrogens (tertiary/aromatic N) is 1. The van der Waals surface area contributed by atoms with Crippen LogP contribution >= 0.6 is 22.7 Å². The van der Waals surface area contributed by atoms with E-state index < -0.39 is 17.7 Å². The molecule has 0 saturated carbocycles. The van der Waals surface area contributed by atoms with Crippen LogP contribution in [0.15, 0.2) is 22.9 Å². The Morgan fingerprint density at radius 3 is 2.33 bits per heavy atom. The second-order valence-electron chi connectivity index (χ2n) is 7.41. The zero-order valence-corrected chi connectivity index (χ0v) is 17.4. The first-order valence-corrected chi connectivity index (χ1v) is 11.0. The lowest BCUT2D eigenvalue weighted by Gasteiger charge is -2.36. The summed E-state index contributed by atoms with van der Waals surface area (Å²) in [5.41, 5.74) is 0.509. The molecule has 1 saturated heterocycles. The van der Waals surface area contributed by atoms with Crippen molar-refractivity contribution in [3.63, 3.8) is 0 Å². The van der Waals surface area contributed by atoms with E-state index >= 15 is 0 Å². The molecule has 1 fully saturated rings. The van der Waals surface area contributed by atoms with E-state index in [0.29, 0.717) is 25.9 Å². The van der Waals surface area contributed by atoms with Crippen LogP contribution in [0.3, 0.4) is 0 Å². The first kappa shape index (κ1) is 20.5. The van der Waals surface area contributed by atoms with Gasteiger partial charge in [-0.25, -0.2) is 0 Å². The Labute approximate surface area is 167 Å². The average molecular weight is 410 g/mol. The van der Waals surface area contributed by atoms with Crippen LogP contribution in [-0.4, -0.2) is 51.9 Å². The highest BCUT2D eigenvalue weighted by Crippen LogP contribution is 2.43. The summed E-state index contributed by atoms with van der Waals surface area (Å²) < 4.78 is 0. The average Bonchev–Trinajstić information content (AvgIpc) is 3.28. The summed E-state index contributed by atoms with van der Waals surface area (Å²) in [6, 6.07) is 3.92. The summed E-state index contributed by atoms with van der Waals surface area (Å²) in [6.07, 6.45) is 0.988. The molecular weight excluding hydrogens is 382 g/mol. The quantitative estimate of drug-likeness (QED) is 0.654. The van der Waals surface area contributed by atoms with Crippen molar-refractivity contribution in [2.24, 2.45) is 5.92 Å². The third-order valence-electron chi connectivity index (χ3n) is 5.47. The maximum Gasteiger partial charge on any atom is 0.307 e. The van der Waals surface area contributed by atoms with Crippen molar-refractivity contribution in [3.05, 3.63) is 43.8 Å². The third-order valence-corrected chi connectivity index (χ3v) is 7.75. The maximum atomic E-state index is 11.7. The molecular formula is C20H27NO4S2. The predicted molar refractivity (Wildman–Crippen MR) is 109 cm³/mol. The molecule has 2 aromatic heterocycles. The van der Waals surface area contributed by atoms with Gasteiger partial charge in [-0.3, -0.25) is 4.79 Å². The molecule has 27 heavy (non-hydrogen) atoms. The Hall–Kier alpha value is -1.25. The van der Waals surface area contributed by atoms with Crippen LogP contribution in [0.2, 0.25) is 0 Å². The van der Waals surface area contributed by atoms with E-state index in [2.05, 4.69) is 4.90 Å². The van der Waals surface area contributed by atoms with Crippen LogP contribution in [0.5, 0.6) is 0 Å². The third kappa shape index (κ3) is 4.12. The molecule has 3 N–H and O–H groups in total. The van der Waals surface area contributed by atoms with Crippen LogP contribution < -0.4 is 0 Å². The van der Waals surface area contributed by atoms with E-state index in [1.54, 1.807) is 0 Å². The molecule has 0 aliphatic carbocycles. The van der Waals surface area contributed by atoms with Crippen LogP contribution in [0, 0.1) is 19.8 Å². The van der Waals surface area contributed by atoms with E-state index in [1.807, 2.05) is 36.7 Å². The Bertz CT molecular complexity index is 744. The van der Waals surface area contributed by atoms with E-state index in [9.17, 15) is 20.1 Å². The van der Waals surface area contributed by atoms with Crippen molar-refractivity contribution < 1.29 is 20.1 Å². The largest absolute Gasteiger partial charge is 0.481 e. The predicted octanol–water partition coefficient (Wildman–Crippen LogP) is 3.21. The molecule has 0 unspecified atom stereocenters. The minimum Gasteiger partial charge on any atom is -0.481 e. The van der Waals surface area contributed by atoms with E-state index in [1.165, 1.54) is 22.7 Å². The molecule has 3 rings (SSSR count). The van der Waals surface area contributed by atoms with E-state index in [4.69, 9.17) is 0 Å². The molecule has 1 aliphatic rings. The molecule has 0 aromatic carbocycles. The number of aliphatic carboxylic acids is 1. The lowest BCUT2D eigenvalue weighted by atomic mass is 9.87. The standard InChI is InChI=1S/C20H27NO4S2/c1-13-6-10-26-17(13)20(25,18-14(2)7-11-27-18)16(22)5-9-21-8-3-4-15(12-21)19(23)24/h6-7,10-11,15-16,22,25H,3-5,8-9,12H2,1-2H3,(H,23,24)/t15-,16-/m0/s1. The van der Waals surface area contributed by atoms with Gasteiger partial charge in [-0.05, 0) is 73.7 Å². The summed E-state index contributed by atoms with van der Waals surface area (Å²) in [5.74, 6) is -1.09. The lowest BCUT2D eigenvalue weighted by molar-refractivity contribution is -0.143. The highest BCUT2D eigenvalue weighted by molar-refractivity contribution is 7.12. The number of rotatable bonds is 7. The van der Waals surface area contributed by atoms with Gasteiger partial charge < -0.3 is 20.2 Å². The number of aliphatic hydroxyl groups excluding tert-OH is 1. The van der Waals surface area contributed by atoms with Gasteiger partial charge >= 0.3 is 5.97 Å². The first-order chi connectivity index (χ1) is 12.8. The fourth-order valence-electron chi connectivity index (χ4n) is 3.91. The summed E-state index contributed by atoms with van der Waals surface area (Å²) >= 11 is 2.93. The van der Waals surface area contributed by atoms with Gasteiger partial charge in [0.15, 0.2) is 5.60 Å². The van der Waals surface area contributed by atoms with Crippen LogP contribution in [0.25, 0.3) is 0 Å². The number of carboxylic acids is 1. The number of piperidine rings is 1. The molecule has 148 valence electrons. The lowest BCUT2D eigenvalue weighted by Crippen LogP contribution is -2.44. The van der Waals surface area contributed by atoms with Gasteiger partial charge in [0.2, 0.25) is 0 Å². The number of thiophene rings is 2. The highest BCUT2D eigenvalue weighted by atomic mass is 32.1. The van der Waals surface area contributed by atoms with Gasteiger partial charge in [-0.15, -0.1) is 22.7 Å². The maximum absolute atomic E-state index is 11.7. The summed E-state index contributed by atoms with van der Waals surface area (Å²) in [7, 11) is 0. The zero-order chi connectivity index (χ0) is 19.6. The molecule has 2 aromatic rings. The summed E-state index contributed by atoms with van der Waals surface area (Å²) in [6.45, 7) is 5.83. The summed E-state index contributed by atoms with van der Waals surface area (Å²) in [4.78, 5) is 14.9.